The number of imidazole rings is 1. The van der Waals surface area contributed by atoms with Gasteiger partial charge in [0.25, 0.3) is 0 Å². The monoisotopic (exact) mass is 475 g/mol. The van der Waals surface area contributed by atoms with Gasteiger partial charge in [0.2, 0.25) is 5.79 Å². The lowest BCUT2D eigenvalue weighted by atomic mass is 10.0. The summed E-state index contributed by atoms with van der Waals surface area (Å²) in [4.78, 5) is 15.7. The third-order valence-corrected chi connectivity index (χ3v) is 5.64. The summed E-state index contributed by atoms with van der Waals surface area (Å²) in [5.74, 6) is -1.06. The highest BCUT2D eigenvalue weighted by molar-refractivity contribution is 6.35. The SMILES string of the molecule is CCOC(=O)Nc1ccc(CC2COC(Cn3ccnc3)(c3ccc(Cl)cc3Cl)O2)cc1. The van der Waals surface area contributed by atoms with Gasteiger partial charge in [-0.2, -0.15) is 0 Å². The van der Waals surface area contributed by atoms with Gasteiger partial charge in [0.1, 0.15) is 0 Å². The van der Waals surface area contributed by atoms with Crippen LogP contribution in [-0.4, -0.2) is 35.0 Å². The molecule has 2 aromatic carbocycles. The van der Waals surface area contributed by atoms with Gasteiger partial charge in [-0.1, -0.05) is 41.4 Å². The summed E-state index contributed by atoms with van der Waals surface area (Å²) in [6.45, 7) is 2.88. The second-order valence-corrected chi connectivity index (χ2v) is 8.25. The van der Waals surface area contributed by atoms with Gasteiger partial charge in [-0.25, -0.2) is 9.78 Å². The first kappa shape index (κ1) is 22.6. The fourth-order valence-corrected chi connectivity index (χ4v) is 4.22. The smallest absolute Gasteiger partial charge is 0.411 e. The van der Waals surface area contributed by atoms with E-state index in [1.807, 2.05) is 41.1 Å². The molecule has 1 fully saturated rings. The number of hydrogen-bond acceptors (Lipinski definition) is 5. The molecule has 0 saturated carbocycles. The molecule has 2 atom stereocenters. The molecular formula is C23H23Cl2N3O4. The van der Waals surface area contributed by atoms with E-state index in [1.165, 1.54) is 0 Å². The van der Waals surface area contributed by atoms with E-state index in [1.54, 1.807) is 31.6 Å². The number of carbonyl (C=O) groups is 1. The number of nitrogens with one attached hydrogen (secondary N) is 1. The quantitative estimate of drug-likeness (QED) is 0.503. The second-order valence-electron chi connectivity index (χ2n) is 7.41. The lowest BCUT2D eigenvalue weighted by molar-refractivity contribution is -0.186. The Morgan fingerprint density at radius 3 is 2.78 bits per heavy atom. The molecule has 1 N–H and O–H groups in total. The Hall–Kier alpha value is -2.58. The maximum absolute atomic E-state index is 11.6. The Bertz CT molecular complexity index is 1060. The van der Waals surface area contributed by atoms with Gasteiger partial charge >= 0.3 is 6.09 Å². The number of nitrogens with zero attached hydrogens (tertiary/aromatic N) is 2. The van der Waals surface area contributed by atoms with E-state index >= 15 is 0 Å². The largest absolute Gasteiger partial charge is 0.450 e. The summed E-state index contributed by atoms with van der Waals surface area (Å²) < 4.78 is 19.5. The van der Waals surface area contributed by atoms with Gasteiger partial charge in [-0.05, 0) is 36.8 Å². The fourth-order valence-electron chi connectivity index (χ4n) is 3.67. The molecule has 0 bridgehead atoms. The first-order valence-electron chi connectivity index (χ1n) is 10.2. The van der Waals surface area contributed by atoms with Crippen LogP contribution in [0.25, 0.3) is 0 Å². The van der Waals surface area contributed by atoms with Crippen LogP contribution in [0.15, 0.2) is 61.2 Å². The van der Waals surface area contributed by atoms with Crippen molar-refractivity contribution >= 4 is 35.0 Å². The van der Waals surface area contributed by atoms with Crippen LogP contribution in [0.5, 0.6) is 0 Å². The van der Waals surface area contributed by atoms with Gasteiger partial charge in [0.15, 0.2) is 0 Å². The summed E-state index contributed by atoms with van der Waals surface area (Å²) in [7, 11) is 0. The lowest BCUT2D eigenvalue weighted by Crippen LogP contribution is -2.34. The molecule has 1 saturated heterocycles. The highest BCUT2D eigenvalue weighted by Gasteiger charge is 2.45. The molecule has 7 nitrogen and oxygen atoms in total. The van der Waals surface area contributed by atoms with E-state index in [0.29, 0.717) is 47.5 Å². The minimum atomic E-state index is -1.06. The van der Waals surface area contributed by atoms with Gasteiger partial charge < -0.3 is 18.8 Å². The summed E-state index contributed by atoms with van der Waals surface area (Å²) in [6.07, 6.45) is 5.24. The summed E-state index contributed by atoms with van der Waals surface area (Å²) in [6, 6.07) is 12.8. The van der Waals surface area contributed by atoms with Gasteiger partial charge in [0, 0.05) is 35.1 Å². The first-order chi connectivity index (χ1) is 15.5. The van der Waals surface area contributed by atoms with Crippen molar-refractivity contribution in [2.45, 2.75) is 31.8 Å². The predicted octanol–water partition coefficient (Wildman–Crippen LogP) is 5.27. The van der Waals surface area contributed by atoms with Crippen molar-refractivity contribution < 1.29 is 19.0 Å². The topological polar surface area (TPSA) is 74.6 Å². The average Bonchev–Trinajstić information content (AvgIpc) is 3.40. The molecular weight excluding hydrogens is 453 g/mol. The number of carbonyl (C=O) groups excluding carboxylic acids is 1. The van der Waals surface area contributed by atoms with E-state index in [-0.39, 0.29) is 6.10 Å². The zero-order chi connectivity index (χ0) is 22.6. The number of ether oxygens (including phenoxy) is 3. The molecule has 4 rings (SSSR count). The van der Waals surface area contributed by atoms with Gasteiger partial charge in [-0.15, -0.1) is 0 Å². The van der Waals surface area contributed by atoms with Crippen LogP contribution in [0.1, 0.15) is 18.1 Å². The molecule has 1 aromatic heterocycles. The molecule has 1 aliphatic rings. The number of aromatic nitrogens is 2. The van der Waals surface area contributed by atoms with E-state index in [4.69, 9.17) is 37.4 Å². The molecule has 32 heavy (non-hydrogen) atoms. The van der Waals surface area contributed by atoms with Crippen LogP contribution in [0.4, 0.5) is 10.5 Å². The lowest BCUT2D eigenvalue weighted by Gasteiger charge is -2.30. The third kappa shape index (κ3) is 5.24. The van der Waals surface area contributed by atoms with Gasteiger partial charge in [-0.3, -0.25) is 5.32 Å². The molecule has 3 aromatic rings. The number of amides is 1. The van der Waals surface area contributed by atoms with Crippen molar-refractivity contribution in [3.05, 3.63) is 82.4 Å². The second kappa shape index (κ2) is 9.92. The number of benzene rings is 2. The van der Waals surface area contributed by atoms with E-state index < -0.39 is 11.9 Å². The van der Waals surface area contributed by atoms with Crippen molar-refractivity contribution in [2.75, 3.05) is 18.5 Å². The Labute approximate surface area is 196 Å². The zero-order valence-corrected chi connectivity index (χ0v) is 19.0. The molecule has 1 amide bonds. The minimum absolute atomic E-state index is 0.186. The third-order valence-electron chi connectivity index (χ3n) is 5.09. The van der Waals surface area contributed by atoms with Crippen LogP contribution >= 0.6 is 23.2 Å². The number of halogens is 2. The molecule has 0 spiro atoms. The number of rotatable bonds is 7. The standard InChI is InChI=1S/C23H23Cl2N3O4/c1-2-30-22(29)27-18-6-3-16(4-7-18)11-19-13-31-23(32-19,14-28-10-9-26-15-28)20-8-5-17(24)12-21(20)25/h3-10,12,15,19H,2,11,13-14H2,1H3,(H,27,29). The Kier molecular flexibility index (Phi) is 7.01. The van der Waals surface area contributed by atoms with Crippen molar-refractivity contribution in [2.24, 2.45) is 0 Å². The summed E-state index contributed by atoms with van der Waals surface area (Å²) in [5, 5.41) is 3.71. The zero-order valence-electron chi connectivity index (χ0n) is 17.5. The highest BCUT2D eigenvalue weighted by atomic mass is 35.5. The molecule has 168 valence electrons. The molecule has 0 radical (unpaired) electrons. The molecule has 2 heterocycles. The van der Waals surface area contributed by atoms with Crippen molar-refractivity contribution in [3.63, 3.8) is 0 Å². The van der Waals surface area contributed by atoms with E-state index in [2.05, 4.69) is 10.3 Å². The van der Waals surface area contributed by atoms with Gasteiger partial charge in [0.05, 0.1) is 37.2 Å². The van der Waals surface area contributed by atoms with E-state index in [9.17, 15) is 4.79 Å². The van der Waals surface area contributed by atoms with Crippen LogP contribution in [0, 0.1) is 0 Å². The van der Waals surface area contributed by atoms with Crippen LogP contribution in [-0.2, 0) is 33.0 Å². The summed E-state index contributed by atoms with van der Waals surface area (Å²) in [5.41, 5.74) is 2.43. The van der Waals surface area contributed by atoms with E-state index in [0.717, 1.165) is 5.56 Å². The summed E-state index contributed by atoms with van der Waals surface area (Å²) >= 11 is 12.6. The maximum atomic E-state index is 11.6. The van der Waals surface area contributed by atoms with Crippen LogP contribution in [0.3, 0.4) is 0 Å². The maximum Gasteiger partial charge on any atom is 0.411 e. The van der Waals surface area contributed by atoms with Crippen molar-refractivity contribution in [1.29, 1.82) is 0 Å². The Morgan fingerprint density at radius 2 is 2.09 bits per heavy atom. The number of hydrogen-bond donors (Lipinski definition) is 1. The first-order valence-corrected chi connectivity index (χ1v) is 11.0. The molecule has 9 heteroatoms. The Morgan fingerprint density at radius 1 is 1.28 bits per heavy atom. The van der Waals surface area contributed by atoms with Crippen molar-refractivity contribution in [3.8, 4) is 0 Å². The van der Waals surface area contributed by atoms with Crippen LogP contribution in [0.2, 0.25) is 10.0 Å². The van der Waals surface area contributed by atoms with Crippen LogP contribution < -0.4 is 5.32 Å². The number of anilines is 1. The molecule has 2 unspecified atom stereocenters. The average molecular weight is 476 g/mol. The fraction of sp³-hybridized carbons (Fsp3) is 0.304. The Balaban J connectivity index is 1.49. The van der Waals surface area contributed by atoms with Crippen molar-refractivity contribution in [1.82, 2.24) is 9.55 Å². The minimum Gasteiger partial charge on any atom is -0.450 e. The highest BCUT2D eigenvalue weighted by Crippen LogP contribution is 2.41. The molecule has 1 aliphatic heterocycles. The molecule has 0 aliphatic carbocycles. The predicted molar refractivity (Wildman–Crippen MR) is 122 cm³/mol. The normalized spacial score (nSPS) is 20.3.